The first-order chi connectivity index (χ1) is 9.11. The van der Waals surface area contributed by atoms with Crippen LogP contribution >= 0.6 is 0 Å². The van der Waals surface area contributed by atoms with Gasteiger partial charge in [0, 0.05) is 18.2 Å². The predicted octanol–water partition coefficient (Wildman–Crippen LogP) is 2.34. The third kappa shape index (κ3) is 1.74. The molecule has 0 atom stereocenters. The zero-order valence-corrected chi connectivity index (χ0v) is 11.1. The molecule has 0 fully saturated rings. The average molecular weight is 257 g/mol. The second-order valence-corrected chi connectivity index (χ2v) is 4.65. The van der Waals surface area contributed by atoms with Crippen LogP contribution in [0.1, 0.15) is 17.1 Å². The van der Waals surface area contributed by atoms with Crippen molar-refractivity contribution >= 4 is 11.0 Å². The highest BCUT2D eigenvalue weighted by atomic mass is 16.5. The first kappa shape index (κ1) is 11.9. The van der Waals surface area contributed by atoms with E-state index < -0.39 is 0 Å². The summed E-state index contributed by atoms with van der Waals surface area (Å²) in [6, 6.07) is 5.95. The van der Waals surface area contributed by atoms with Crippen LogP contribution in [-0.4, -0.2) is 19.8 Å². The van der Waals surface area contributed by atoms with Crippen molar-refractivity contribution in [3.8, 4) is 11.3 Å². The third-order valence-electron chi connectivity index (χ3n) is 3.52. The Bertz CT molecular complexity index is 755. The molecule has 2 heterocycles. The summed E-state index contributed by atoms with van der Waals surface area (Å²) in [4.78, 5) is 4.50. The van der Waals surface area contributed by atoms with Crippen LogP contribution in [0.15, 0.2) is 22.7 Å². The van der Waals surface area contributed by atoms with Crippen LogP contribution in [-0.2, 0) is 13.7 Å². The molecular weight excluding hydrogens is 242 g/mol. The van der Waals surface area contributed by atoms with Crippen LogP contribution in [0.25, 0.3) is 22.3 Å². The van der Waals surface area contributed by atoms with Gasteiger partial charge in [-0.25, -0.2) is 4.98 Å². The van der Waals surface area contributed by atoms with Crippen LogP contribution in [0, 0.1) is 13.8 Å². The molecule has 3 aromatic rings. The van der Waals surface area contributed by atoms with E-state index in [4.69, 9.17) is 4.52 Å². The van der Waals surface area contributed by atoms with Crippen molar-refractivity contribution in [2.75, 3.05) is 0 Å². The van der Waals surface area contributed by atoms with Gasteiger partial charge in [0.25, 0.3) is 0 Å². The average Bonchev–Trinajstić information content (AvgIpc) is 2.90. The van der Waals surface area contributed by atoms with Gasteiger partial charge in [0.05, 0.1) is 17.6 Å². The molecule has 1 aromatic carbocycles. The number of aromatic nitrogens is 3. The van der Waals surface area contributed by atoms with Crippen molar-refractivity contribution in [1.29, 1.82) is 0 Å². The molecular formula is C14H15N3O2. The second kappa shape index (κ2) is 4.20. The molecule has 98 valence electrons. The van der Waals surface area contributed by atoms with Gasteiger partial charge in [-0.05, 0) is 26.0 Å². The molecule has 19 heavy (non-hydrogen) atoms. The maximum Gasteiger partial charge on any atom is 0.139 e. The van der Waals surface area contributed by atoms with E-state index in [0.29, 0.717) is 11.5 Å². The highest BCUT2D eigenvalue weighted by molar-refractivity contribution is 5.82. The summed E-state index contributed by atoms with van der Waals surface area (Å²) in [5.41, 5.74) is 4.32. The SMILES string of the molecule is Cc1onc(-c2ccc3c(c2)nc(C)n3C)c1CO. The van der Waals surface area contributed by atoms with E-state index >= 15 is 0 Å². The van der Waals surface area contributed by atoms with Gasteiger partial charge in [0.15, 0.2) is 0 Å². The number of nitrogens with zero attached hydrogens (tertiary/aromatic N) is 3. The number of fused-ring (bicyclic) bond motifs is 1. The predicted molar refractivity (Wildman–Crippen MR) is 71.6 cm³/mol. The molecule has 5 heteroatoms. The summed E-state index contributed by atoms with van der Waals surface area (Å²) >= 11 is 0. The molecule has 0 saturated carbocycles. The van der Waals surface area contributed by atoms with Crippen LogP contribution in [0.3, 0.4) is 0 Å². The zero-order chi connectivity index (χ0) is 13.6. The summed E-state index contributed by atoms with van der Waals surface area (Å²) in [7, 11) is 1.99. The minimum atomic E-state index is -0.0794. The summed E-state index contributed by atoms with van der Waals surface area (Å²) < 4.78 is 7.19. The molecule has 1 N–H and O–H groups in total. The normalized spacial score (nSPS) is 11.4. The Labute approximate surface area is 110 Å². The van der Waals surface area contributed by atoms with Crippen LogP contribution in [0.4, 0.5) is 0 Å². The van der Waals surface area contributed by atoms with Gasteiger partial charge in [0.2, 0.25) is 0 Å². The lowest BCUT2D eigenvalue weighted by atomic mass is 10.1. The number of aliphatic hydroxyl groups excluding tert-OH is 1. The lowest BCUT2D eigenvalue weighted by molar-refractivity contribution is 0.278. The summed E-state index contributed by atoms with van der Waals surface area (Å²) in [6.07, 6.45) is 0. The van der Waals surface area contributed by atoms with E-state index in [1.54, 1.807) is 6.92 Å². The molecule has 3 rings (SSSR count). The Balaban J connectivity index is 2.20. The lowest BCUT2D eigenvalue weighted by Gasteiger charge is -2.00. The number of benzene rings is 1. The molecule has 0 bridgehead atoms. The van der Waals surface area contributed by atoms with Gasteiger partial charge in [-0.3, -0.25) is 0 Å². The smallest absolute Gasteiger partial charge is 0.139 e. The second-order valence-electron chi connectivity index (χ2n) is 4.65. The van der Waals surface area contributed by atoms with Gasteiger partial charge in [-0.1, -0.05) is 11.2 Å². The van der Waals surface area contributed by atoms with Crippen molar-refractivity contribution in [2.45, 2.75) is 20.5 Å². The summed E-state index contributed by atoms with van der Waals surface area (Å²) in [5, 5.41) is 13.4. The number of aliphatic hydroxyl groups is 1. The fourth-order valence-electron chi connectivity index (χ4n) is 2.27. The first-order valence-electron chi connectivity index (χ1n) is 6.11. The number of hydrogen-bond donors (Lipinski definition) is 1. The number of imidazole rings is 1. The molecule has 2 aromatic heterocycles. The Morgan fingerprint density at radius 3 is 2.84 bits per heavy atom. The lowest BCUT2D eigenvalue weighted by Crippen LogP contribution is -1.90. The quantitative estimate of drug-likeness (QED) is 0.765. The first-order valence-corrected chi connectivity index (χ1v) is 6.11. The molecule has 0 saturated heterocycles. The number of aryl methyl sites for hydroxylation is 3. The molecule has 0 aliphatic rings. The molecule has 0 aliphatic heterocycles. The topological polar surface area (TPSA) is 64.1 Å². The standard InChI is InChI=1S/C14H15N3O2/c1-8-11(7-18)14(16-19-8)10-4-5-13-12(6-10)15-9(2)17(13)3/h4-6,18H,7H2,1-3H3. The van der Waals surface area contributed by atoms with E-state index in [1.165, 1.54) is 0 Å². The Hall–Kier alpha value is -2.14. The molecule has 0 unspecified atom stereocenters. The maximum absolute atomic E-state index is 9.39. The van der Waals surface area contributed by atoms with E-state index in [0.717, 1.165) is 28.0 Å². The van der Waals surface area contributed by atoms with E-state index in [-0.39, 0.29) is 6.61 Å². The highest BCUT2D eigenvalue weighted by Gasteiger charge is 2.15. The van der Waals surface area contributed by atoms with Crippen LogP contribution in [0.5, 0.6) is 0 Å². The van der Waals surface area contributed by atoms with Crippen molar-refractivity contribution < 1.29 is 9.63 Å². The third-order valence-corrected chi connectivity index (χ3v) is 3.52. The molecule has 0 spiro atoms. The van der Waals surface area contributed by atoms with Gasteiger partial charge in [-0.15, -0.1) is 0 Å². The zero-order valence-electron chi connectivity index (χ0n) is 11.1. The van der Waals surface area contributed by atoms with Crippen molar-refractivity contribution in [3.63, 3.8) is 0 Å². The summed E-state index contributed by atoms with van der Waals surface area (Å²) in [5.74, 6) is 1.61. The van der Waals surface area contributed by atoms with E-state index in [2.05, 4.69) is 10.1 Å². The van der Waals surface area contributed by atoms with Gasteiger partial charge in [0.1, 0.15) is 17.3 Å². The number of hydrogen-bond acceptors (Lipinski definition) is 4. The minimum Gasteiger partial charge on any atom is -0.391 e. The Morgan fingerprint density at radius 1 is 1.32 bits per heavy atom. The monoisotopic (exact) mass is 257 g/mol. The van der Waals surface area contributed by atoms with Gasteiger partial charge >= 0.3 is 0 Å². The van der Waals surface area contributed by atoms with Crippen molar-refractivity contribution in [2.24, 2.45) is 7.05 Å². The largest absolute Gasteiger partial charge is 0.391 e. The minimum absolute atomic E-state index is 0.0794. The molecule has 0 radical (unpaired) electrons. The van der Waals surface area contributed by atoms with E-state index in [9.17, 15) is 5.11 Å². The molecule has 0 aliphatic carbocycles. The van der Waals surface area contributed by atoms with Gasteiger partial charge in [-0.2, -0.15) is 0 Å². The van der Waals surface area contributed by atoms with Crippen LogP contribution < -0.4 is 0 Å². The van der Waals surface area contributed by atoms with Crippen molar-refractivity contribution in [1.82, 2.24) is 14.7 Å². The Morgan fingerprint density at radius 2 is 2.11 bits per heavy atom. The highest BCUT2D eigenvalue weighted by Crippen LogP contribution is 2.28. The number of rotatable bonds is 2. The maximum atomic E-state index is 9.39. The van der Waals surface area contributed by atoms with E-state index in [1.807, 2.05) is 36.7 Å². The molecule has 5 nitrogen and oxygen atoms in total. The fourth-order valence-corrected chi connectivity index (χ4v) is 2.27. The summed E-state index contributed by atoms with van der Waals surface area (Å²) in [6.45, 7) is 3.69. The van der Waals surface area contributed by atoms with Gasteiger partial charge < -0.3 is 14.2 Å². The van der Waals surface area contributed by atoms with Crippen LogP contribution in [0.2, 0.25) is 0 Å². The Kier molecular flexibility index (Phi) is 2.64. The molecule has 0 amide bonds. The van der Waals surface area contributed by atoms with Crippen molar-refractivity contribution in [3.05, 3.63) is 35.3 Å². The fraction of sp³-hybridized carbons (Fsp3) is 0.286.